The van der Waals surface area contributed by atoms with Crippen LogP contribution in [0.1, 0.15) is 37.0 Å². The topological polar surface area (TPSA) is 77.2 Å². The summed E-state index contributed by atoms with van der Waals surface area (Å²) in [6.07, 6.45) is 0.221. The predicted octanol–water partition coefficient (Wildman–Crippen LogP) is 2.71. The molecule has 0 spiro atoms. The highest BCUT2D eigenvalue weighted by molar-refractivity contribution is 6.32. The minimum atomic E-state index is -0.142. The number of halogens is 1. The summed E-state index contributed by atoms with van der Waals surface area (Å²) in [5.74, 6) is 1.63. The Balaban J connectivity index is 1.88. The highest BCUT2D eigenvalue weighted by Crippen LogP contribution is 2.25. The van der Waals surface area contributed by atoms with Crippen LogP contribution in [0.2, 0.25) is 5.02 Å². The Morgan fingerprint density at radius 2 is 2.23 bits per heavy atom. The van der Waals surface area contributed by atoms with Gasteiger partial charge >= 0.3 is 0 Å². The molecule has 6 nitrogen and oxygen atoms in total. The first-order valence-electron chi connectivity index (χ1n) is 6.91. The Morgan fingerprint density at radius 3 is 2.82 bits per heavy atom. The van der Waals surface area contributed by atoms with Crippen molar-refractivity contribution in [2.45, 2.75) is 32.7 Å². The molecule has 7 heteroatoms. The van der Waals surface area contributed by atoms with Gasteiger partial charge < -0.3 is 14.6 Å². The minimum Gasteiger partial charge on any atom is -0.495 e. The van der Waals surface area contributed by atoms with Crippen LogP contribution in [0.25, 0.3) is 0 Å². The van der Waals surface area contributed by atoms with E-state index in [9.17, 15) is 4.79 Å². The molecule has 2 rings (SSSR count). The summed E-state index contributed by atoms with van der Waals surface area (Å²) >= 11 is 6.03. The fourth-order valence-corrected chi connectivity index (χ4v) is 2.10. The van der Waals surface area contributed by atoms with Gasteiger partial charge in [-0.3, -0.25) is 4.79 Å². The van der Waals surface area contributed by atoms with Gasteiger partial charge in [0, 0.05) is 5.92 Å². The van der Waals surface area contributed by atoms with Crippen LogP contribution in [0, 0.1) is 0 Å². The van der Waals surface area contributed by atoms with Crippen LogP contribution in [-0.2, 0) is 17.8 Å². The van der Waals surface area contributed by atoms with Crippen LogP contribution >= 0.6 is 11.6 Å². The first-order valence-corrected chi connectivity index (χ1v) is 7.29. The van der Waals surface area contributed by atoms with E-state index < -0.39 is 0 Å². The van der Waals surface area contributed by atoms with Crippen LogP contribution in [0.15, 0.2) is 22.7 Å². The van der Waals surface area contributed by atoms with Crippen LogP contribution in [-0.4, -0.2) is 23.2 Å². The van der Waals surface area contributed by atoms with E-state index in [1.807, 2.05) is 13.8 Å². The molecule has 0 saturated carbocycles. The van der Waals surface area contributed by atoms with E-state index >= 15 is 0 Å². The Bertz CT molecular complexity index is 655. The average molecular weight is 324 g/mol. The average Bonchev–Trinajstić information content (AvgIpc) is 2.94. The molecule has 0 fully saturated rings. The fourth-order valence-electron chi connectivity index (χ4n) is 1.82. The van der Waals surface area contributed by atoms with Crippen molar-refractivity contribution >= 4 is 17.5 Å². The second-order valence-corrected chi connectivity index (χ2v) is 5.53. The Labute approximate surface area is 133 Å². The highest BCUT2D eigenvalue weighted by atomic mass is 35.5. The van der Waals surface area contributed by atoms with E-state index in [1.54, 1.807) is 25.3 Å². The zero-order chi connectivity index (χ0) is 16.1. The second-order valence-electron chi connectivity index (χ2n) is 5.13. The van der Waals surface area contributed by atoms with Gasteiger partial charge in [0.25, 0.3) is 0 Å². The molecule has 1 amide bonds. The van der Waals surface area contributed by atoms with Crippen molar-refractivity contribution in [2.75, 3.05) is 7.11 Å². The molecule has 0 unspecified atom stereocenters. The molecule has 1 N–H and O–H groups in total. The lowest BCUT2D eigenvalue weighted by Crippen LogP contribution is -2.25. The van der Waals surface area contributed by atoms with E-state index in [0.717, 1.165) is 5.56 Å². The third kappa shape index (κ3) is 4.21. The summed E-state index contributed by atoms with van der Waals surface area (Å²) in [5, 5.41) is 7.04. The molecule has 0 bridgehead atoms. The van der Waals surface area contributed by atoms with E-state index in [0.29, 0.717) is 22.5 Å². The monoisotopic (exact) mass is 323 g/mol. The SMILES string of the molecule is COc1ccc(CC(=O)NCc2noc(C(C)C)n2)cc1Cl. The molecular weight excluding hydrogens is 306 g/mol. The van der Waals surface area contributed by atoms with Gasteiger partial charge in [-0.05, 0) is 17.7 Å². The molecule has 0 aliphatic heterocycles. The minimum absolute atomic E-state index is 0.142. The smallest absolute Gasteiger partial charge is 0.229 e. The Morgan fingerprint density at radius 1 is 1.45 bits per heavy atom. The number of amides is 1. The number of hydrogen-bond donors (Lipinski definition) is 1. The number of benzene rings is 1. The maximum Gasteiger partial charge on any atom is 0.229 e. The summed E-state index contributed by atoms with van der Waals surface area (Å²) < 4.78 is 10.1. The van der Waals surface area contributed by atoms with Crippen molar-refractivity contribution in [3.63, 3.8) is 0 Å². The predicted molar refractivity (Wildman–Crippen MR) is 81.9 cm³/mol. The number of aromatic nitrogens is 2. The van der Waals surface area contributed by atoms with Crippen molar-refractivity contribution < 1.29 is 14.1 Å². The van der Waals surface area contributed by atoms with Gasteiger partial charge in [-0.2, -0.15) is 4.98 Å². The third-order valence-corrected chi connectivity index (χ3v) is 3.30. The second kappa shape index (κ2) is 7.26. The van der Waals surface area contributed by atoms with Gasteiger partial charge in [0.1, 0.15) is 5.75 Å². The van der Waals surface area contributed by atoms with Gasteiger partial charge in [0.05, 0.1) is 25.1 Å². The molecule has 0 radical (unpaired) electrons. The van der Waals surface area contributed by atoms with Gasteiger partial charge in [-0.1, -0.05) is 36.7 Å². The maximum atomic E-state index is 11.9. The van der Waals surface area contributed by atoms with Gasteiger partial charge in [0.2, 0.25) is 11.8 Å². The van der Waals surface area contributed by atoms with Crippen LogP contribution in [0.5, 0.6) is 5.75 Å². The van der Waals surface area contributed by atoms with Crippen molar-refractivity contribution in [2.24, 2.45) is 0 Å². The Kier molecular flexibility index (Phi) is 5.38. The van der Waals surface area contributed by atoms with E-state index in [4.69, 9.17) is 20.9 Å². The molecule has 2 aromatic rings. The quantitative estimate of drug-likeness (QED) is 0.884. The molecule has 0 atom stereocenters. The number of methoxy groups -OCH3 is 1. The standard InChI is InChI=1S/C15H18ClN3O3/c1-9(2)15-18-13(19-22-15)8-17-14(20)7-10-4-5-12(21-3)11(16)6-10/h4-6,9H,7-8H2,1-3H3,(H,17,20). The third-order valence-electron chi connectivity index (χ3n) is 3.00. The van der Waals surface area contributed by atoms with Crippen molar-refractivity contribution in [3.8, 4) is 5.75 Å². The lowest BCUT2D eigenvalue weighted by atomic mass is 10.1. The summed E-state index contributed by atoms with van der Waals surface area (Å²) in [6, 6.07) is 5.25. The zero-order valence-electron chi connectivity index (χ0n) is 12.7. The number of nitrogens with zero attached hydrogens (tertiary/aromatic N) is 2. The number of nitrogens with one attached hydrogen (secondary N) is 1. The van der Waals surface area contributed by atoms with E-state index in [-0.39, 0.29) is 24.8 Å². The lowest BCUT2D eigenvalue weighted by molar-refractivity contribution is -0.120. The van der Waals surface area contributed by atoms with Crippen molar-refractivity contribution in [1.82, 2.24) is 15.5 Å². The number of carbonyl (C=O) groups excluding carboxylic acids is 1. The molecule has 22 heavy (non-hydrogen) atoms. The molecule has 118 valence electrons. The normalized spacial score (nSPS) is 10.8. The van der Waals surface area contributed by atoms with Gasteiger partial charge in [-0.15, -0.1) is 0 Å². The fraction of sp³-hybridized carbons (Fsp3) is 0.400. The highest BCUT2D eigenvalue weighted by Gasteiger charge is 2.11. The molecule has 1 aromatic heterocycles. The van der Waals surface area contributed by atoms with E-state index in [2.05, 4.69) is 15.5 Å². The van der Waals surface area contributed by atoms with Crippen molar-refractivity contribution in [3.05, 3.63) is 40.5 Å². The summed E-state index contributed by atoms with van der Waals surface area (Å²) in [5.41, 5.74) is 0.805. The van der Waals surface area contributed by atoms with Crippen LogP contribution < -0.4 is 10.1 Å². The largest absolute Gasteiger partial charge is 0.495 e. The van der Waals surface area contributed by atoms with Gasteiger partial charge in [0.15, 0.2) is 5.82 Å². The van der Waals surface area contributed by atoms with Crippen molar-refractivity contribution in [1.29, 1.82) is 0 Å². The number of carbonyl (C=O) groups is 1. The molecule has 1 aromatic carbocycles. The lowest BCUT2D eigenvalue weighted by Gasteiger charge is -2.06. The number of rotatable bonds is 6. The summed E-state index contributed by atoms with van der Waals surface area (Å²) in [4.78, 5) is 16.1. The van der Waals surface area contributed by atoms with E-state index in [1.165, 1.54) is 0 Å². The van der Waals surface area contributed by atoms with Crippen LogP contribution in [0.4, 0.5) is 0 Å². The first kappa shape index (κ1) is 16.3. The zero-order valence-corrected chi connectivity index (χ0v) is 13.5. The Hall–Kier alpha value is -2.08. The summed E-state index contributed by atoms with van der Waals surface area (Å²) in [6.45, 7) is 4.16. The number of hydrogen-bond acceptors (Lipinski definition) is 5. The molecule has 1 heterocycles. The summed E-state index contributed by atoms with van der Waals surface area (Å²) in [7, 11) is 1.55. The number of ether oxygens (including phenoxy) is 1. The molecular formula is C15H18ClN3O3. The molecule has 0 aliphatic rings. The molecule has 0 saturated heterocycles. The van der Waals surface area contributed by atoms with Crippen LogP contribution in [0.3, 0.4) is 0 Å². The van der Waals surface area contributed by atoms with Gasteiger partial charge in [-0.25, -0.2) is 0 Å². The molecule has 0 aliphatic carbocycles. The first-order chi connectivity index (χ1) is 10.5. The maximum absolute atomic E-state index is 11.9.